The van der Waals surface area contributed by atoms with Crippen molar-refractivity contribution < 1.29 is 5.11 Å². The molecule has 0 spiro atoms. The fraction of sp³-hybridized carbons (Fsp3) is 0.444. The van der Waals surface area contributed by atoms with Crippen molar-refractivity contribution in [2.45, 2.75) is 50.8 Å². The van der Waals surface area contributed by atoms with Crippen molar-refractivity contribution in [3.05, 3.63) is 48.0 Å². The summed E-state index contributed by atoms with van der Waals surface area (Å²) in [6.07, 6.45) is 4.02. The molecule has 2 N–H and O–H groups in total. The van der Waals surface area contributed by atoms with E-state index in [4.69, 9.17) is 0 Å². The molecule has 2 heteroatoms. The molecule has 0 bridgehead atoms. The van der Waals surface area contributed by atoms with E-state index in [0.29, 0.717) is 12.1 Å². The van der Waals surface area contributed by atoms with E-state index in [1.54, 1.807) is 0 Å². The van der Waals surface area contributed by atoms with Crippen molar-refractivity contribution in [1.82, 2.24) is 5.32 Å². The Labute approximate surface area is 120 Å². The van der Waals surface area contributed by atoms with Crippen LogP contribution in [-0.2, 0) is 0 Å². The van der Waals surface area contributed by atoms with Gasteiger partial charge >= 0.3 is 0 Å². The fourth-order valence-electron chi connectivity index (χ4n) is 3.39. The van der Waals surface area contributed by atoms with Gasteiger partial charge in [-0.2, -0.15) is 0 Å². The quantitative estimate of drug-likeness (QED) is 0.888. The van der Waals surface area contributed by atoms with Crippen LogP contribution in [0.3, 0.4) is 0 Å². The molecular formula is C18H23NO. The van der Waals surface area contributed by atoms with Crippen molar-refractivity contribution >= 4 is 10.8 Å². The molecule has 1 saturated carbocycles. The van der Waals surface area contributed by atoms with Crippen LogP contribution in [0, 0.1) is 0 Å². The summed E-state index contributed by atoms with van der Waals surface area (Å²) >= 11 is 0. The minimum atomic E-state index is -0.124. The first-order chi connectivity index (χ1) is 9.74. The molecule has 2 aromatic rings. The van der Waals surface area contributed by atoms with Crippen LogP contribution in [0.4, 0.5) is 0 Å². The van der Waals surface area contributed by atoms with E-state index >= 15 is 0 Å². The number of benzene rings is 2. The average Bonchev–Trinajstić information content (AvgIpc) is 2.46. The van der Waals surface area contributed by atoms with Crippen molar-refractivity contribution in [2.24, 2.45) is 0 Å². The van der Waals surface area contributed by atoms with E-state index in [1.807, 2.05) is 0 Å². The van der Waals surface area contributed by atoms with Gasteiger partial charge in [0, 0.05) is 12.1 Å². The van der Waals surface area contributed by atoms with Crippen LogP contribution < -0.4 is 5.32 Å². The molecular weight excluding hydrogens is 246 g/mol. The largest absolute Gasteiger partial charge is 0.393 e. The highest BCUT2D eigenvalue weighted by Gasteiger charge is 2.22. The maximum absolute atomic E-state index is 9.79. The highest BCUT2D eigenvalue weighted by Crippen LogP contribution is 2.26. The van der Waals surface area contributed by atoms with E-state index in [-0.39, 0.29) is 6.10 Å². The SMILES string of the molecule is CC(NC1CCCC(O)C1)c1cccc2ccccc12. The molecule has 3 unspecified atom stereocenters. The lowest BCUT2D eigenvalue weighted by molar-refractivity contribution is 0.109. The van der Waals surface area contributed by atoms with Crippen molar-refractivity contribution in [3.8, 4) is 0 Å². The van der Waals surface area contributed by atoms with Gasteiger partial charge in [0.15, 0.2) is 0 Å². The summed E-state index contributed by atoms with van der Waals surface area (Å²) in [5.41, 5.74) is 1.35. The Bertz CT molecular complexity index is 575. The number of hydrogen-bond acceptors (Lipinski definition) is 2. The molecule has 1 fully saturated rings. The lowest BCUT2D eigenvalue weighted by atomic mass is 9.91. The topological polar surface area (TPSA) is 32.3 Å². The normalized spacial score (nSPS) is 24.7. The van der Waals surface area contributed by atoms with Crippen LogP contribution in [-0.4, -0.2) is 17.3 Å². The van der Waals surface area contributed by atoms with Crippen molar-refractivity contribution in [1.29, 1.82) is 0 Å². The highest BCUT2D eigenvalue weighted by atomic mass is 16.3. The smallest absolute Gasteiger partial charge is 0.0555 e. The van der Waals surface area contributed by atoms with Crippen LogP contribution in [0.1, 0.15) is 44.2 Å². The molecule has 2 nitrogen and oxygen atoms in total. The molecule has 3 rings (SSSR count). The molecule has 0 aliphatic heterocycles. The monoisotopic (exact) mass is 269 g/mol. The Morgan fingerprint density at radius 1 is 1.10 bits per heavy atom. The molecule has 1 aliphatic carbocycles. The molecule has 1 aliphatic rings. The van der Waals surface area contributed by atoms with Crippen molar-refractivity contribution in [3.63, 3.8) is 0 Å². The van der Waals surface area contributed by atoms with Gasteiger partial charge in [-0.3, -0.25) is 0 Å². The third-order valence-electron chi connectivity index (χ3n) is 4.42. The van der Waals surface area contributed by atoms with Gasteiger partial charge in [-0.25, -0.2) is 0 Å². The first-order valence-electron chi connectivity index (χ1n) is 7.66. The molecule has 106 valence electrons. The van der Waals surface area contributed by atoms with Crippen LogP contribution in [0.5, 0.6) is 0 Å². The summed E-state index contributed by atoms with van der Waals surface area (Å²) in [7, 11) is 0. The second-order valence-electron chi connectivity index (χ2n) is 5.97. The minimum absolute atomic E-state index is 0.124. The molecule has 0 saturated heterocycles. The summed E-state index contributed by atoms with van der Waals surface area (Å²) < 4.78 is 0. The van der Waals surface area contributed by atoms with E-state index in [1.165, 1.54) is 22.8 Å². The zero-order valence-electron chi connectivity index (χ0n) is 12.0. The molecule has 0 heterocycles. The Hall–Kier alpha value is -1.38. The maximum atomic E-state index is 9.79. The molecule has 0 radical (unpaired) electrons. The first-order valence-corrected chi connectivity index (χ1v) is 7.66. The van der Waals surface area contributed by atoms with Crippen LogP contribution in [0.2, 0.25) is 0 Å². The van der Waals surface area contributed by atoms with Gasteiger partial charge in [0.1, 0.15) is 0 Å². The average molecular weight is 269 g/mol. The van der Waals surface area contributed by atoms with Gasteiger partial charge in [0.2, 0.25) is 0 Å². The van der Waals surface area contributed by atoms with Gasteiger partial charge in [-0.1, -0.05) is 42.5 Å². The number of hydrogen-bond donors (Lipinski definition) is 2. The zero-order chi connectivity index (χ0) is 13.9. The van der Waals surface area contributed by atoms with Gasteiger partial charge in [-0.05, 0) is 48.9 Å². The van der Waals surface area contributed by atoms with Crippen molar-refractivity contribution in [2.75, 3.05) is 0 Å². The third kappa shape index (κ3) is 2.87. The Kier molecular flexibility index (Phi) is 4.04. The Morgan fingerprint density at radius 2 is 1.90 bits per heavy atom. The fourth-order valence-corrected chi connectivity index (χ4v) is 3.39. The number of fused-ring (bicyclic) bond motifs is 1. The van der Waals surface area contributed by atoms with Gasteiger partial charge in [-0.15, -0.1) is 0 Å². The van der Waals surface area contributed by atoms with Crippen LogP contribution in [0.15, 0.2) is 42.5 Å². The number of rotatable bonds is 3. The lowest BCUT2D eigenvalue weighted by Crippen LogP contribution is -2.37. The summed E-state index contributed by atoms with van der Waals surface area (Å²) in [5.74, 6) is 0. The van der Waals surface area contributed by atoms with E-state index < -0.39 is 0 Å². The summed E-state index contributed by atoms with van der Waals surface area (Å²) in [6, 6.07) is 15.8. The zero-order valence-corrected chi connectivity index (χ0v) is 12.0. The van der Waals surface area contributed by atoms with Gasteiger partial charge < -0.3 is 10.4 Å². The second-order valence-corrected chi connectivity index (χ2v) is 5.97. The predicted octanol–water partition coefficient (Wildman–Crippen LogP) is 3.79. The minimum Gasteiger partial charge on any atom is -0.393 e. The molecule has 0 aromatic heterocycles. The van der Waals surface area contributed by atoms with Crippen LogP contribution >= 0.6 is 0 Å². The predicted molar refractivity (Wildman–Crippen MR) is 83.8 cm³/mol. The molecule has 3 atom stereocenters. The number of aliphatic hydroxyl groups is 1. The maximum Gasteiger partial charge on any atom is 0.0555 e. The van der Waals surface area contributed by atoms with Gasteiger partial charge in [0.05, 0.1) is 6.10 Å². The lowest BCUT2D eigenvalue weighted by Gasteiger charge is -2.30. The van der Waals surface area contributed by atoms with E-state index in [0.717, 1.165) is 19.3 Å². The third-order valence-corrected chi connectivity index (χ3v) is 4.42. The molecule has 0 amide bonds. The summed E-state index contributed by atoms with van der Waals surface area (Å²) in [5, 5.41) is 16.1. The van der Waals surface area contributed by atoms with Gasteiger partial charge in [0.25, 0.3) is 0 Å². The molecule has 2 aromatic carbocycles. The van der Waals surface area contributed by atoms with Crippen LogP contribution in [0.25, 0.3) is 10.8 Å². The Balaban J connectivity index is 1.80. The van der Waals surface area contributed by atoms with E-state index in [9.17, 15) is 5.11 Å². The van der Waals surface area contributed by atoms with E-state index in [2.05, 4.69) is 54.7 Å². The first kappa shape index (κ1) is 13.6. The highest BCUT2D eigenvalue weighted by molar-refractivity contribution is 5.86. The second kappa shape index (κ2) is 5.94. The Morgan fingerprint density at radius 3 is 2.75 bits per heavy atom. The number of aliphatic hydroxyl groups excluding tert-OH is 1. The summed E-state index contributed by atoms with van der Waals surface area (Å²) in [4.78, 5) is 0. The molecule has 20 heavy (non-hydrogen) atoms. The standard InChI is InChI=1S/C18H23NO/c1-13(19-15-8-5-9-16(20)12-15)17-11-4-7-14-6-2-3-10-18(14)17/h2-4,6-7,10-11,13,15-16,19-20H,5,8-9,12H2,1H3. The number of nitrogens with one attached hydrogen (secondary N) is 1. The summed E-state index contributed by atoms with van der Waals surface area (Å²) in [6.45, 7) is 2.22.